The molecule has 0 spiro atoms. The van der Waals surface area contributed by atoms with E-state index < -0.39 is 5.97 Å². The first-order valence-electron chi connectivity index (χ1n) is 6.33. The van der Waals surface area contributed by atoms with Crippen LogP contribution in [0.4, 0.5) is 4.79 Å². The summed E-state index contributed by atoms with van der Waals surface area (Å²) in [6, 6.07) is -0.146. The summed E-state index contributed by atoms with van der Waals surface area (Å²) in [4.78, 5) is 21.6. The molecule has 0 aromatic carbocycles. The van der Waals surface area contributed by atoms with Crippen LogP contribution < -0.4 is 10.6 Å². The minimum absolute atomic E-state index is 0.146. The van der Waals surface area contributed by atoms with Crippen LogP contribution in [0.5, 0.6) is 0 Å². The number of carbonyl (C=O) groups is 2. The fraction of sp³-hybridized carbons (Fsp3) is 0.833. The van der Waals surface area contributed by atoms with Gasteiger partial charge in [-0.15, -0.1) is 0 Å². The fourth-order valence-electron chi connectivity index (χ4n) is 1.75. The van der Waals surface area contributed by atoms with E-state index in [1.807, 2.05) is 0 Å². The number of hydrogen-bond acceptors (Lipinski definition) is 2. The zero-order valence-corrected chi connectivity index (χ0v) is 10.4. The first-order chi connectivity index (χ1) is 8.09. The summed E-state index contributed by atoms with van der Waals surface area (Å²) >= 11 is 0. The Balaban J connectivity index is 1.91. The van der Waals surface area contributed by atoms with Gasteiger partial charge in [-0.3, -0.25) is 4.79 Å². The van der Waals surface area contributed by atoms with Crippen LogP contribution in [-0.4, -0.2) is 30.2 Å². The molecule has 1 rings (SSSR count). The summed E-state index contributed by atoms with van der Waals surface area (Å²) in [5, 5.41) is 14.0. The first kappa shape index (κ1) is 13.8. The monoisotopic (exact) mass is 242 g/mol. The van der Waals surface area contributed by atoms with Crippen LogP contribution in [0, 0.1) is 11.8 Å². The zero-order valence-electron chi connectivity index (χ0n) is 10.4. The van der Waals surface area contributed by atoms with Crippen molar-refractivity contribution >= 4 is 12.0 Å². The van der Waals surface area contributed by atoms with Gasteiger partial charge in [-0.05, 0) is 37.5 Å². The van der Waals surface area contributed by atoms with Crippen molar-refractivity contribution in [2.75, 3.05) is 13.1 Å². The number of rotatable bonds is 8. The molecule has 1 unspecified atom stereocenters. The maximum atomic E-state index is 11.3. The van der Waals surface area contributed by atoms with Gasteiger partial charge in [-0.1, -0.05) is 6.92 Å². The van der Waals surface area contributed by atoms with Crippen molar-refractivity contribution in [3.05, 3.63) is 0 Å². The number of aliphatic carboxylic acids is 1. The Labute approximate surface area is 102 Å². The molecule has 1 fully saturated rings. The van der Waals surface area contributed by atoms with Crippen LogP contribution in [0.25, 0.3) is 0 Å². The lowest BCUT2D eigenvalue weighted by molar-refractivity contribution is -0.137. The summed E-state index contributed by atoms with van der Waals surface area (Å²) in [6.07, 6.45) is 4.06. The Morgan fingerprint density at radius 2 is 2.00 bits per heavy atom. The lowest BCUT2D eigenvalue weighted by Gasteiger charge is -2.12. The number of amides is 2. The Hall–Kier alpha value is -1.26. The van der Waals surface area contributed by atoms with E-state index in [9.17, 15) is 9.59 Å². The normalized spacial score (nSPS) is 16.3. The van der Waals surface area contributed by atoms with Crippen LogP contribution in [0.3, 0.4) is 0 Å². The Bertz CT molecular complexity index is 264. The molecule has 98 valence electrons. The van der Waals surface area contributed by atoms with Gasteiger partial charge in [-0.25, -0.2) is 4.79 Å². The standard InChI is InChI=1S/C12H22N2O3/c1-9(10-5-6-10)8-14-12(17)13-7-3-2-4-11(15)16/h9-10H,2-8H2,1H3,(H,15,16)(H2,13,14,17). The third-order valence-electron chi connectivity index (χ3n) is 3.11. The third kappa shape index (κ3) is 6.81. The Morgan fingerprint density at radius 3 is 2.59 bits per heavy atom. The zero-order chi connectivity index (χ0) is 12.7. The number of urea groups is 1. The van der Waals surface area contributed by atoms with E-state index >= 15 is 0 Å². The van der Waals surface area contributed by atoms with Crippen molar-refractivity contribution in [3.8, 4) is 0 Å². The summed E-state index contributed by atoms with van der Waals surface area (Å²) in [7, 11) is 0. The molecule has 3 N–H and O–H groups in total. The molecule has 0 radical (unpaired) electrons. The van der Waals surface area contributed by atoms with Gasteiger partial charge in [0.05, 0.1) is 0 Å². The van der Waals surface area contributed by atoms with Crippen LogP contribution in [-0.2, 0) is 4.79 Å². The number of carboxylic acid groups (broad SMARTS) is 1. The summed E-state index contributed by atoms with van der Waals surface area (Å²) in [5.74, 6) is 0.575. The maximum absolute atomic E-state index is 11.3. The van der Waals surface area contributed by atoms with Gasteiger partial charge in [0.2, 0.25) is 0 Å². The van der Waals surface area contributed by atoms with E-state index in [0.29, 0.717) is 25.3 Å². The van der Waals surface area contributed by atoms with E-state index in [2.05, 4.69) is 17.6 Å². The van der Waals surface area contributed by atoms with Crippen LogP contribution >= 0.6 is 0 Å². The molecule has 5 nitrogen and oxygen atoms in total. The molecule has 0 saturated heterocycles. The van der Waals surface area contributed by atoms with E-state index in [1.54, 1.807) is 0 Å². The van der Waals surface area contributed by atoms with Gasteiger partial charge in [0.15, 0.2) is 0 Å². The molecule has 1 saturated carbocycles. The predicted octanol–water partition coefficient (Wildman–Crippen LogP) is 1.59. The van der Waals surface area contributed by atoms with Gasteiger partial charge in [-0.2, -0.15) is 0 Å². The predicted molar refractivity (Wildman–Crippen MR) is 64.8 cm³/mol. The van der Waals surface area contributed by atoms with Crippen LogP contribution in [0.15, 0.2) is 0 Å². The topological polar surface area (TPSA) is 78.4 Å². The second-order valence-electron chi connectivity index (χ2n) is 4.80. The Kier molecular flexibility index (Phi) is 5.80. The SMILES string of the molecule is CC(CNC(=O)NCCCCC(=O)O)C1CC1. The Morgan fingerprint density at radius 1 is 1.29 bits per heavy atom. The average molecular weight is 242 g/mol. The summed E-state index contributed by atoms with van der Waals surface area (Å²) in [5.41, 5.74) is 0. The highest BCUT2D eigenvalue weighted by molar-refractivity contribution is 5.73. The molecule has 5 heteroatoms. The molecule has 1 atom stereocenters. The fourth-order valence-corrected chi connectivity index (χ4v) is 1.75. The molecule has 1 aliphatic rings. The smallest absolute Gasteiger partial charge is 0.314 e. The number of carbonyl (C=O) groups excluding carboxylic acids is 1. The highest BCUT2D eigenvalue weighted by Crippen LogP contribution is 2.35. The van der Waals surface area contributed by atoms with Crippen molar-refractivity contribution < 1.29 is 14.7 Å². The van der Waals surface area contributed by atoms with Gasteiger partial charge >= 0.3 is 12.0 Å². The van der Waals surface area contributed by atoms with E-state index in [0.717, 1.165) is 12.5 Å². The summed E-state index contributed by atoms with van der Waals surface area (Å²) in [6.45, 7) is 3.42. The number of carboxylic acids is 1. The van der Waals surface area contributed by atoms with Crippen molar-refractivity contribution in [1.82, 2.24) is 10.6 Å². The lowest BCUT2D eigenvalue weighted by atomic mass is 10.1. The van der Waals surface area contributed by atoms with Crippen LogP contribution in [0.2, 0.25) is 0 Å². The molecule has 2 amide bonds. The summed E-state index contributed by atoms with van der Waals surface area (Å²) < 4.78 is 0. The lowest BCUT2D eigenvalue weighted by Crippen LogP contribution is -2.38. The van der Waals surface area contributed by atoms with Crippen LogP contribution in [0.1, 0.15) is 39.0 Å². The first-order valence-corrected chi connectivity index (χ1v) is 6.33. The van der Waals surface area contributed by atoms with Gasteiger partial charge in [0.25, 0.3) is 0 Å². The second-order valence-corrected chi connectivity index (χ2v) is 4.80. The molecule has 0 aromatic heterocycles. The molecular weight excluding hydrogens is 220 g/mol. The number of unbranched alkanes of at least 4 members (excludes halogenated alkanes) is 1. The molecule has 0 bridgehead atoms. The minimum Gasteiger partial charge on any atom is -0.481 e. The highest BCUT2D eigenvalue weighted by Gasteiger charge is 2.27. The van der Waals surface area contributed by atoms with Crippen molar-refractivity contribution in [2.45, 2.75) is 39.0 Å². The highest BCUT2D eigenvalue weighted by atomic mass is 16.4. The van der Waals surface area contributed by atoms with Crippen molar-refractivity contribution in [1.29, 1.82) is 0 Å². The van der Waals surface area contributed by atoms with E-state index in [4.69, 9.17) is 5.11 Å². The average Bonchev–Trinajstić information content (AvgIpc) is 3.08. The molecule has 17 heavy (non-hydrogen) atoms. The molecule has 0 aromatic rings. The second kappa shape index (κ2) is 7.14. The van der Waals surface area contributed by atoms with Gasteiger partial charge in [0, 0.05) is 19.5 Å². The van der Waals surface area contributed by atoms with Gasteiger partial charge < -0.3 is 15.7 Å². The van der Waals surface area contributed by atoms with Crippen molar-refractivity contribution in [2.24, 2.45) is 11.8 Å². The molecular formula is C12H22N2O3. The van der Waals surface area contributed by atoms with Crippen molar-refractivity contribution in [3.63, 3.8) is 0 Å². The van der Waals surface area contributed by atoms with Gasteiger partial charge in [0.1, 0.15) is 0 Å². The van der Waals surface area contributed by atoms with E-state index in [-0.39, 0.29) is 12.5 Å². The number of nitrogens with one attached hydrogen (secondary N) is 2. The molecule has 1 aliphatic carbocycles. The number of hydrogen-bond donors (Lipinski definition) is 3. The van der Waals surface area contributed by atoms with E-state index in [1.165, 1.54) is 12.8 Å². The third-order valence-corrected chi connectivity index (χ3v) is 3.11. The largest absolute Gasteiger partial charge is 0.481 e. The molecule has 0 heterocycles. The quantitative estimate of drug-likeness (QED) is 0.565. The minimum atomic E-state index is -0.785. The molecule has 0 aliphatic heterocycles. The maximum Gasteiger partial charge on any atom is 0.314 e.